The number of nitrogens with zero attached hydrogens (tertiary/aromatic N) is 1. The number of aryl methyl sites for hydroxylation is 1. The lowest BCUT2D eigenvalue weighted by Crippen LogP contribution is -2.34. The van der Waals surface area contributed by atoms with Crippen LogP contribution in [0.2, 0.25) is 0 Å². The van der Waals surface area contributed by atoms with Gasteiger partial charge in [-0.1, -0.05) is 66.2 Å². The maximum Gasteiger partial charge on any atom is 0.254 e. The van der Waals surface area contributed by atoms with Gasteiger partial charge in [0.25, 0.3) is 5.91 Å². The summed E-state index contributed by atoms with van der Waals surface area (Å²) in [7, 11) is 0. The number of benzene rings is 4. The van der Waals surface area contributed by atoms with Gasteiger partial charge in [0.15, 0.2) is 0 Å². The Bertz CT molecular complexity index is 1160. The normalized spacial score (nSPS) is 10.5. The molecule has 0 aliphatic carbocycles. The highest BCUT2D eigenvalue weighted by atomic mass is 16.5. The Balaban J connectivity index is 1.47. The van der Waals surface area contributed by atoms with Crippen molar-refractivity contribution in [1.29, 1.82) is 0 Å². The Labute approximate surface area is 195 Å². The number of carbonyl (C=O) groups is 1. The van der Waals surface area contributed by atoms with E-state index in [0.717, 1.165) is 22.8 Å². The summed E-state index contributed by atoms with van der Waals surface area (Å²) in [5.41, 5.74) is 2.83. The zero-order valence-corrected chi connectivity index (χ0v) is 18.7. The van der Waals surface area contributed by atoms with Crippen molar-refractivity contribution in [2.24, 2.45) is 0 Å². The third kappa shape index (κ3) is 6.47. The second-order valence-corrected chi connectivity index (χ2v) is 7.82. The first-order valence-electron chi connectivity index (χ1n) is 11.0. The molecule has 33 heavy (non-hydrogen) atoms. The van der Waals surface area contributed by atoms with Gasteiger partial charge in [0, 0.05) is 12.1 Å². The smallest absolute Gasteiger partial charge is 0.254 e. The predicted octanol–water partition coefficient (Wildman–Crippen LogP) is 6.51. The molecular formula is C29H27NO3. The summed E-state index contributed by atoms with van der Waals surface area (Å²) in [5, 5.41) is 0. The number of hydrogen-bond donors (Lipinski definition) is 0. The molecule has 166 valence electrons. The average molecular weight is 438 g/mol. The maximum atomic E-state index is 13.2. The van der Waals surface area contributed by atoms with E-state index in [-0.39, 0.29) is 5.91 Å². The Morgan fingerprint density at radius 3 is 2.12 bits per heavy atom. The van der Waals surface area contributed by atoms with Gasteiger partial charge in [0.2, 0.25) is 0 Å². The van der Waals surface area contributed by atoms with Crippen molar-refractivity contribution in [2.45, 2.75) is 13.5 Å². The van der Waals surface area contributed by atoms with Crippen LogP contribution in [-0.2, 0) is 6.54 Å². The van der Waals surface area contributed by atoms with E-state index in [1.54, 1.807) is 0 Å². The number of ether oxygens (including phenoxy) is 2. The second kappa shape index (κ2) is 11.0. The molecular weight excluding hydrogens is 410 g/mol. The van der Waals surface area contributed by atoms with Crippen LogP contribution in [0.25, 0.3) is 0 Å². The monoisotopic (exact) mass is 437 g/mol. The lowest BCUT2D eigenvalue weighted by molar-refractivity contribution is 0.0716. The van der Waals surface area contributed by atoms with Gasteiger partial charge in [-0.2, -0.15) is 0 Å². The van der Waals surface area contributed by atoms with Crippen molar-refractivity contribution in [3.63, 3.8) is 0 Å². The minimum Gasteiger partial charge on any atom is -0.492 e. The summed E-state index contributed by atoms with van der Waals surface area (Å²) < 4.78 is 11.9. The minimum absolute atomic E-state index is 0.0304. The van der Waals surface area contributed by atoms with E-state index in [1.807, 2.05) is 121 Å². The van der Waals surface area contributed by atoms with Gasteiger partial charge < -0.3 is 14.4 Å². The van der Waals surface area contributed by atoms with Crippen molar-refractivity contribution in [1.82, 2.24) is 4.90 Å². The predicted molar refractivity (Wildman–Crippen MR) is 131 cm³/mol. The molecule has 0 radical (unpaired) electrons. The lowest BCUT2D eigenvalue weighted by Gasteiger charge is -2.23. The quantitative estimate of drug-likeness (QED) is 0.300. The molecule has 4 rings (SSSR count). The van der Waals surface area contributed by atoms with Crippen molar-refractivity contribution in [3.8, 4) is 17.2 Å². The van der Waals surface area contributed by atoms with Crippen LogP contribution in [-0.4, -0.2) is 24.0 Å². The van der Waals surface area contributed by atoms with Gasteiger partial charge in [-0.3, -0.25) is 4.79 Å². The fourth-order valence-electron chi connectivity index (χ4n) is 3.48. The average Bonchev–Trinajstić information content (AvgIpc) is 2.86. The van der Waals surface area contributed by atoms with E-state index in [4.69, 9.17) is 9.47 Å². The Morgan fingerprint density at radius 2 is 1.39 bits per heavy atom. The van der Waals surface area contributed by atoms with Crippen LogP contribution in [0.3, 0.4) is 0 Å². The molecule has 0 aliphatic heterocycles. The third-order valence-electron chi connectivity index (χ3n) is 5.21. The van der Waals surface area contributed by atoms with Gasteiger partial charge in [0.1, 0.15) is 23.9 Å². The summed E-state index contributed by atoms with van der Waals surface area (Å²) in [6, 6.07) is 34.8. The number of amides is 1. The number of hydrogen-bond acceptors (Lipinski definition) is 3. The molecule has 0 aliphatic rings. The second-order valence-electron chi connectivity index (χ2n) is 7.82. The summed E-state index contributed by atoms with van der Waals surface area (Å²) in [6.07, 6.45) is 0. The molecule has 4 aromatic rings. The molecule has 0 bridgehead atoms. The van der Waals surface area contributed by atoms with Crippen molar-refractivity contribution < 1.29 is 14.3 Å². The first kappa shape index (κ1) is 22.2. The van der Waals surface area contributed by atoms with Crippen LogP contribution in [0.1, 0.15) is 21.5 Å². The highest BCUT2D eigenvalue weighted by Crippen LogP contribution is 2.23. The molecule has 0 unspecified atom stereocenters. The molecule has 0 atom stereocenters. The van der Waals surface area contributed by atoms with E-state index in [1.165, 1.54) is 5.56 Å². The van der Waals surface area contributed by atoms with Crippen molar-refractivity contribution in [3.05, 3.63) is 126 Å². The van der Waals surface area contributed by atoms with E-state index in [2.05, 4.69) is 0 Å². The maximum absolute atomic E-state index is 13.2. The van der Waals surface area contributed by atoms with E-state index in [9.17, 15) is 4.79 Å². The molecule has 4 heteroatoms. The van der Waals surface area contributed by atoms with Gasteiger partial charge in [-0.25, -0.2) is 0 Å². The number of rotatable bonds is 9. The van der Waals surface area contributed by atoms with Crippen LogP contribution in [0.15, 0.2) is 109 Å². The topological polar surface area (TPSA) is 38.8 Å². The van der Waals surface area contributed by atoms with Gasteiger partial charge in [-0.15, -0.1) is 0 Å². The first-order valence-corrected chi connectivity index (χ1v) is 11.0. The molecule has 0 heterocycles. The van der Waals surface area contributed by atoms with Gasteiger partial charge in [-0.05, 0) is 61.0 Å². The van der Waals surface area contributed by atoms with Crippen LogP contribution in [0.4, 0.5) is 0 Å². The number of para-hydroxylation sites is 1. The van der Waals surface area contributed by atoms with E-state index in [0.29, 0.717) is 25.3 Å². The Hall–Kier alpha value is -4.05. The zero-order chi connectivity index (χ0) is 22.9. The van der Waals surface area contributed by atoms with Gasteiger partial charge in [0.05, 0.1) is 6.54 Å². The van der Waals surface area contributed by atoms with Crippen LogP contribution < -0.4 is 9.47 Å². The zero-order valence-electron chi connectivity index (χ0n) is 18.7. The molecule has 0 spiro atoms. The third-order valence-corrected chi connectivity index (χ3v) is 5.21. The minimum atomic E-state index is -0.0304. The fraction of sp³-hybridized carbons (Fsp3) is 0.138. The standard InChI is InChI=1S/C29H27NO3/c1-23-15-17-27(18-16-23)33-28-14-8-9-24(21-28)22-30(29(31)25-10-4-2-5-11-25)19-20-32-26-12-6-3-7-13-26/h2-18,21H,19-20,22H2,1H3. The summed E-state index contributed by atoms with van der Waals surface area (Å²) >= 11 is 0. The van der Waals surface area contributed by atoms with Crippen LogP contribution >= 0.6 is 0 Å². The molecule has 0 fully saturated rings. The number of carbonyl (C=O) groups excluding carboxylic acids is 1. The highest BCUT2D eigenvalue weighted by molar-refractivity contribution is 5.94. The molecule has 1 amide bonds. The fourth-order valence-corrected chi connectivity index (χ4v) is 3.48. The van der Waals surface area contributed by atoms with Gasteiger partial charge >= 0.3 is 0 Å². The SMILES string of the molecule is Cc1ccc(Oc2cccc(CN(CCOc3ccccc3)C(=O)c3ccccc3)c2)cc1. The first-order chi connectivity index (χ1) is 16.2. The van der Waals surface area contributed by atoms with Crippen molar-refractivity contribution in [2.75, 3.05) is 13.2 Å². The summed E-state index contributed by atoms with van der Waals surface area (Å²) in [5.74, 6) is 2.28. The molecule has 0 aromatic heterocycles. The van der Waals surface area contributed by atoms with Crippen LogP contribution in [0.5, 0.6) is 17.2 Å². The molecule has 0 N–H and O–H groups in total. The van der Waals surface area contributed by atoms with Crippen LogP contribution in [0, 0.1) is 6.92 Å². The van der Waals surface area contributed by atoms with Crippen molar-refractivity contribution >= 4 is 5.91 Å². The Kier molecular flexibility index (Phi) is 7.39. The molecule has 0 saturated heterocycles. The molecule has 0 saturated carbocycles. The Morgan fingerprint density at radius 1 is 0.727 bits per heavy atom. The summed E-state index contributed by atoms with van der Waals surface area (Å²) in [6.45, 7) is 3.37. The van der Waals surface area contributed by atoms with E-state index < -0.39 is 0 Å². The van der Waals surface area contributed by atoms with E-state index >= 15 is 0 Å². The largest absolute Gasteiger partial charge is 0.492 e. The lowest BCUT2D eigenvalue weighted by atomic mass is 10.1. The molecule has 4 aromatic carbocycles. The molecule has 4 nitrogen and oxygen atoms in total. The highest BCUT2D eigenvalue weighted by Gasteiger charge is 2.16. The summed E-state index contributed by atoms with van der Waals surface area (Å²) in [4.78, 5) is 15.0.